The standard InChI is InChI=1S/C13H17F3N4/c14-13(15,16)10-7-3-4-8-11(10)19-12(20-17)18-9-5-1-2-6-9/h3-4,7-9H,1-2,5-6,17H2,(H2,18,19,20). The van der Waals surface area contributed by atoms with Gasteiger partial charge >= 0.3 is 6.18 Å². The lowest BCUT2D eigenvalue weighted by Gasteiger charge is -2.16. The second kappa shape index (κ2) is 6.13. The number of anilines is 1. The van der Waals surface area contributed by atoms with E-state index < -0.39 is 11.7 Å². The third-order valence-corrected chi connectivity index (χ3v) is 3.26. The molecule has 0 heterocycles. The van der Waals surface area contributed by atoms with Gasteiger partial charge in [0.1, 0.15) is 0 Å². The predicted octanol–water partition coefficient (Wildman–Crippen LogP) is 2.88. The highest BCUT2D eigenvalue weighted by atomic mass is 19.4. The molecule has 1 saturated carbocycles. The molecule has 1 fully saturated rings. The molecular weight excluding hydrogens is 269 g/mol. The highest BCUT2D eigenvalue weighted by Gasteiger charge is 2.33. The Balaban J connectivity index is 2.19. The van der Waals surface area contributed by atoms with Crippen LogP contribution >= 0.6 is 0 Å². The molecule has 0 spiro atoms. The summed E-state index contributed by atoms with van der Waals surface area (Å²) in [4.78, 5) is 4.31. The molecule has 110 valence electrons. The maximum Gasteiger partial charge on any atom is 0.418 e. The van der Waals surface area contributed by atoms with Crippen molar-refractivity contribution in [3.63, 3.8) is 0 Å². The van der Waals surface area contributed by atoms with Crippen molar-refractivity contribution in [1.82, 2.24) is 5.43 Å². The number of aliphatic imine (C=N–C) groups is 1. The van der Waals surface area contributed by atoms with E-state index in [0.717, 1.165) is 31.7 Å². The summed E-state index contributed by atoms with van der Waals surface area (Å²) in [5.41, 5.74) is 1.53. The molecule has 0 radical (unpaired) electrons. The van der Waals surface area contributed by atoms with Crippen molar-refractivity contribution in [3.8, 4) is 0 Å². The van der Waals surface area contributed by atoms with Crippen LogP contribution in [0, 0.1) is 0 Å². The SMILES string of the molecule is NNC(=NC1CCCC1)Nc1ccccc1C(F)(F)F. The smallest absolute Gasteiger partial charge is 0.325 e. The van der Waals surface area contributed by atoms with Gasteiger partial charge in [0, 0.05) is 0 Å². The molecule has 7 heteroatoms. The Hall–Kier alpha value is -1.76. The fraction of sp³-hybridized carbons (Fsp3) is 0.462. The van der Waals surface area contributed by atoms with Crippen LogP contribution in [0.1, 0.15) is 31.2 Å². The lowest BCUT2D eigenvalue weighted by molar-refractivity contribution is -0.136. The summed E-state index contributed by atoms with van der Waals surface area (Å²) in [7, 11) is 0. The Kier molecular flexibility index (Phi) is 4.49. The van der Waals surface area contributed by atoms with E-state index in [1.54, 1.807) is 0 Å². The van der Waals surface area contributed by atoms with E-state index in [1.165, 1.54) is 18.2 Å². The third kappa shape index (κ3) is 3.63. The highest BCUT2D eigenvalue weighted by Crippen LogP contribution is 2.34. The van der Waals surface area contributed by atoms with E-state index in [-0.39, 0.29) is 17.7 Å². The third-order valence-electron chi connectivity index (χ3n) is 3.26. The summed E-state index contributed by atoms with van der Waals surface area (Å²) in [5, 5.41) is 2.62. The maximum absolute atomic E-state index is 12.9. The zero-order valence-corrected chi connectivity index (χ0v) is 10.9. The molecule has 1 aromatic carbocycles. The number of hydrogen-bond acceptors (Lipinski definition) is 2. The summed E-state index contributed by atoms with van der Waals surface area (Å²) in [6, 6.07) is 5.36. The van der Waals surface area contributed by atoms with Gasteiger partial charge in [-0.15, -0.1) is 0 Å². The average molecular weight is 286 g/mol. The zero-order chi connectivity index (χ0) is 14.6. The van der Waals surface area contributed by atoms with Gasteiger partial charge in [-0.2, -0.15) is 13.2 Å². The van der Waals surface area contributed by atoms with Crippen molar-refractivity contribution in [2.75, 3.05) is 5.32 Å². The van der Waals surface area contributed by atoms with Crippen LogP contribution in [-0.4, -0.2) is 12.0 Å². The number of nitrogens with zero attached hydrogens (tertiary/aromatic N) is 1. The van der Waals surface area contributed by atoms with Gasteiger partial charge in [0.25, 0.3) is 0 Å². The van der Waals surface area contributed by atoms with E-state index in [4.69, 9.17) is 5.84 Å². The number of rotatable bonds is 2. The molecule has 4 N–H and O–H groups in total. The highest BCUT2D eigenvalue weighted by molar-refractivity contribution is 5.94. The van der Waals surface area contributed by atoms with Crippen LogP contribution in [0.25, 0.3) is 0 Å². The first-order valence-electron chi connectivity index (χ1n) is 6.48. The van der Waals surface area contributed by atoms with Crippen molar-refractivity contribution in [2.24, 2.45) is 10.8 Å². The second-order valence-corrected chi connectivity index (χ2v) is 4.73. The van der Waals surface area contributed by atoms with Crippen molar-refractivity contribution in [2.45, 2.75) is 37.9 Å². The van der Waals surface area contributed by atoms with E-state index in [9.17, 15) is 13.2 Å². The number of hydrazine groups is 1. The molecule has 0 amide bonds. The zero-order valence-electron chi connectivity index (χ0n) is 10.9. The second-order valence-electron chi connectivity index (χ2n) is 4.73. The minimum Gasteiger partial charge on any atom is -0.325 e. The number of hydrogen-bond donors (Lipinski definition) is 3. The van der Waals surface area contributed by atoms with E-state index >= 15 is 0 Å². The van der Waals surface area contributed by atoms with Crippen molar-refractivity contribution >= 4 is 11.6 Å². The Morgan fingerprint density at radius 1 is 1.20 bits per heavy atom. The lowest BCUT2D eigenvalue weighted by atomic mass is 10.1. The molecule has 1 aromatic rings. The van der Waals surface area contributed by atoms with Crippen LogP contribution in [0.3, 0.4) is 0 Å². The Morgan fingerprint density at radius 2 is 1.85 bits per heavy atom. The van der Waals surface area contributed by atoms with E-state index in [1.807, 2.05) is 0 Å². The molecule has 0 unspecified atom stereocenters. The number of para-hydroxylation sites is 1. The quantitative estimate of drug-likeness (QED) is 0.339. The summed E-state index contributed by atoms with van der Waals surface area (Å²) in [6.45, 7) is 0. The van der Waals surface area contributed by atoms with Gasteiger partial charge in [0.05, 0.1) is 17.3 Å². The van der Waals surface area contributed by atoms with Crippen LogP contribution in [0.4, 0.5) is 18.9 Å². The number of nitrogens with two attached hydrogens (primary N) is 1. The van der Waals surface area contributed by atoms with Crippen LogP contribution < -0.4 is 16.6 Å². The average Bonchev–Trinajstić information content (AvgIpc) is 2.90. The molecular formula is C13H17F3N4. The van der Waals surface area contributed by atoms with Gasteiger partial charge in [-0.05, 0) is 25.0 Å². The van der Waals surface area contributed by atoms with Gasteiger partial charge in [-0.1, -0.05) is 25.0 Å². The monoisotopic (exact) mass is 286 g/mol. The van der Waals surface area contributed by atoms with E-state index in [0.29, 0.717) is 0 Å². The molecule has 1 aliphatic carbocycles. The normalized spacial score (nSPS) is 17.3. The van der Waals surface area contributed by atoms with Crippen LogP contribution in [0.15, 0.2) is 29.3 Å². The fourth-order valence-electron chi connectivity index (χ4n) is 2.29. The Bertz CT molecular complexity index is 479. The van der Waals surface area contributed by atoms with Gasteiger partial charge < -0.3 is 5.32 Å². The van der Waals surface area contributed by atoms with Gasteiger partial charge in [-0.25, -0.2) is 10.8 Å². The molecule has 0 bridgehead atoms. The number of benzene rings is 1. The number of guanidine groups is 1. The summed E-state index contributed by atoms with van der Waals surface area (Å²) >= 11 is 0. The summed E-state index contributed by atoms with van der Waals surface area (Å²) < 4.78 is 38.6. The topological polar surface area (TPSA) is 62.4 Å². The molecule has 2 rings (SSSR count). The van der Waals surface area contributed by atoms with Gasteiger partial charge in [0.15, 0.2) is 0 Å². The van der Waals surface area contributed by atoms with Gasteiger partial charge in [0.2, 0.25) is 5.96 Å². The summed E-state index contributed by atoms with van der Waals surface area (Å²) in [6.07, 6.45) is -0.367. The van der Waals surface area contributed by atoms with Crippen molar-refractivity contribution < 1.29 is 13.2 Å². The minimum atomic E-state index is -4.42. The molecule has 4 nitrogen and oxygen atoms in total. The van der Waals surface area contributed by atoms with Gasteiger partial charge in [-0.3, -0.25) is 5.43 Å². The number of nitrogens with one attached hydrogen (secondary N) is 2. The number of halogens is 3. The molecule has 0 aromatic heterocycles. The Morgan fingerprint density at radius 3 is 2.45 bits per heavy atom. The first-order valence-corrected chi connectivity index (χ1v) is 6.48. The minimum absolute atomic E-state index is 0.0605. The molecule has 0 saturated heterocycles. The fourth-order valence-corrected chi connectivity index (χ4v) is 2.29. The molecule has 1 aliphatic rings. The Labute approximate surface area is 115 Å². The van der Waals surface area contributed by atoms with Crippen molar-refractivity contribution in [1.29, 1.82) is 0 Å². The van der Waals surface area contributed by atoms with Crippen molar-refractivity contribution in [3.05, 3.63) is 29.8 Å². The molecule has 20 heavy (non-hydrogen) atoms. The van der Waals surface area contributed by atoms with Crippen LogP contribution in [0.5, 0.6) is 0 Å². The number of alkyl halides is 3. The first-order chi connectivity index (χ1) is 9.50. The van der Waals surface area contributed by atoms with E-state index in [2.05, 4.69) is 15.7 Å². The summed E-state index contributed by atoms with van der Waals surface area (Å²) in [5.74, 6) is 5.49. The lowest BCUT2D eigenvalue weighted by Crippen LogP contribution is -2.37. The molecule has 0 atom stereocenters. The molecule has 0 aliphatic heterocycles. The maximum atomic E-state index is 12.9. The van der Waals surface area contributed by atoms with Crippen LogP contribution in [-0.2, 0) is 6.18 Å². The largest absolute Gasteiger partial charge is 0.418 e. The van der Waals surface area contributed by atoms with Crippen LogP contribution in [0.2, 0.25) is 0 Å². The predicted molar refractivity (Wildman–Crippen MR) is 72.1 cm³/mol. The first kappa shape index (κ1) is 14.6.